The first-order valence-electron chi connectivity index (χ1n) is 11.4. The quantitative estimate of drug-likeness (QED) is 0.383. The second-order valence-electron chi connectivity index (χ2n) is 8.14. The van der Waals surface area contributed by atoms with Gasteiger partial charge in [0.15, 0.2) is 18.1 Å². The third-order valence-corrected chi connectivity index (χ3v) is 6.11. The number of carbonyl (C=O) groups is 2. The van der Waals surface area contributed by atoms with Crippen molar-refractivity contribution in [2.75, 3.05) is 27.4 Å². The summed E-state index contributed by atoms with van der Waals surface area (Å²) < 4.78 is 21.6. The number of para-hydroxylation sites is 1. The van der Waals surface area contributed by atoms with Crippen LogP contribution >= 0.6 is 11.6 Å². The minimum atomic E-state index is -1.12. The van der Waals surface area contributed by atoms with Gasteiger partial charge in [-0.3, -0.25) is 0 Å². The van der Waals surface area contributed by atoms with Gasteiger partial charge in [-0.25, -0.2) is 9.59 Å². The molecule has 1 N–H and O–H groups in total. The number of hydroxylamine groups is 2. The minimum Gasteiger partial charge on any atom is -0.493 e. The molecule has 10 heteroatoms. The number of nitrogens with zero attached hydrogens (tertiary/aromatic N) is 1. The highest BCUT2D eigenvalue weighted by Gasteiger charge is 2.34. The highest BCUT2D eigenvalue weighted by molar-refractivity contribution is 6.30. The van der Waals surface area contributed by atoms with Crippen molar-refractivity contribution in [3.05, 3.63) is 87.9 Å². The zero-order valence-electron chi connectivity index (χ0n) is 20.3. The standard InChI is InChI=1S/C27H26ClNO8/c1-33-23-9-5-7-18(26(23)34-2)15-36-27(32)37-29-13-12-17-6-3-4-8-20(17)25(29)21-14-19(28)10-11-22(21)35-16-24(30)31/h3-11,14,25H,12-13,15-16H2,1-2H3,(H,30,31). The molecule has 0 radical (unpaired) electrons. The average molecular weight is 528 g/mol. The third kappa shape index (κ3) is 6.07. The van der Waals surface area contributed by atoms with E-state index in [9.17, 15) is 9.59 Å². The summed E-state index contributed by atoms with van der Waals surface area (Å²) >= 11 is 6.31. The van der Waals surface area contributed by atoms with Gasteiger partial charge in [0.1, 0.15) is 12.4 Å². The molecular weight excluding hydrogens is 502 g/mol. The van der Waals surface area contributed by atoms with Crippen molar-refractivity contribution < 1.29 is 38.5 Å². The lowest BCUT2D eigenvalue weighted by atomic mass is 9.89. The Hall–Kier alpha value is -3.95. The lowest BCUT2D eigenvalue weighted by molar-refractivity contribution is -0.152. The van der Waals surface area contributed by atoms with E-state index in [4.69, 9.17) is 40.5 Å². The van der Waals surface area contributed by atoms with Gasteiger partial charge in [-0.15, -0.1) is 5.06 Å². The predicted molar refractivity (Wildman–Crippen MR) is 134 cm³/mol. The van der Waals surface area contributed by atoms with E-state index < -0.39 is 24.8 Å². The minimum absolute atomic E-state index is 0.0988. The first-order chi connectivity index (χ1) is 17.9. The van der Waals surface area contributed by atoms with Crippen molar-refractivity contribution >= 4 is 23.7 Å². The molecule has 1 aliphatic rings. The van der Waals surface area contributed by atoms with Gasteiger partial charge >= 0.3 is 12.1 Å². The summed E-state index contributed by atoms with van der Waals surface area (Å²) in [6.07, 6.45) is -0.292. The van der Waals surface area contributed by atoms with E-state index in [2.05, 4.69) is 0 Å². The molecule has 0 saturated heterocycles. The summed E-state index contributed by atoms with van der Waals surface area (Å²) in [6.45, 7) is -0.267. The Balaban J connectivity index is 1.60. The Morgan fingerprint density at radius 2 is 1.81 bits per heavy atom. The van der Waals surface area contributed by atoms with Gasteiger partial charge in [0, 0.05) is 22.7 Å². The molecule has 9 nitrogen and oxygen atoms in total. The van der Waals surface area contributed by atoms with E-state index in [-0.39, 0.29) is 6.61 Å². The van der Waals surface area contributed by atoms with E-state index in [1.54, 1.807) is 36.4 Å². The largest absolute Gasteiger partial charge is 0.528 e. The number of aliphatic carboxylic acids is 1. The van der Waals surface area contributed by atoms with Crippen LogP contribution in [0.3, 0.4) is 0 Å². The lowest BCUT2D eigenvalue weighted by Crippen LogP contribution is -2.38. The van der Waals surface area contributed by atoms with Crippen molar-refractivity contribution in [1.82, 2.24) is 5.06 Å². The van der Waals surface area contributed by atoms with Crippen LogP contribution in [0.5, 0.6) is 17.2 Å². The molecule has 0 spiro atoms. The van der Waals surface area contributed by atoms with Crippen LogP contribution in [0, 0.1) is 0 Å². The molecule has 37 heavy (non-hydrogen) atoms. The molecule has 194 valence electrons. The fraction of sp³-hybridized carbons (Fsp3) is 0.259. The summed E-state index contributed by atoms with van der Waals surface area (Å²) in [6, 6.07) is 17.3. The molecule has 1 unspecified atom stereocenters. The van der Waals surface area contributed by atoms with Crippen LogP contribution < -0.4 is 14.2 Å². The van der Waals surface area contributed by atoms with Crippen LogP contribution in [0.4, 0.5) is 4.79 Å². The van der Waals surface area contributed by atoms with Crippen molar-refractivity contribution in [2.24, 2.45) is 0 Å². The zero-order valence-corrected chi connectivity index (χ0v) is 21.1. The SMILES string of the molecule is COc1cccc(COC(=O)ON2CCc3ccccc3C2c2cc(Cl)ccc2OCC(=O)O)c1OC. The van der Waals surface area contributed by atoms with Gasteiger partial charge in [-0.2, -0.15) is 0 Å². The Morgan fingerprint density at radius 1 is 1.00 bits per heavy atom. The molecule has 0 amide bonds. The second kappa shape index (κ2) is 11.9. The Kier molecular flexibility index (Phi) is 8.37. The number of carbonyl (C=O) groups excluding carboxylic acids is 1. The molecule has 0 aliphatic carbocycles. The summed E-state index contributed by atoms with van der Waals surface area (Å²) in [4.78, 5) is 29.6. The van der Waals surface area contributed by atoms with Crippen molar-refractivity contribution in [3.8, 4) is 17.2 Å². The normalized spacial score (nSPS) is 14.8. The van der Waals surface area contributed by atoms with E-state index in [1.807, 2.05) is 24.3 Å². The van der Waals surface area contributed by atoms with Gasteiger partial charge in [-0.05, 0) is 41.8 Å². The molecule has 3 aromatic rings. The molecule has 0 saturated carbocycles. The van der Waals surface area contributed by atoms with E-state index in [0.29, 0.717) is 46.4 Å². The summed E-state index contributed by atoms with van der Waals surface area (Å²) in [5, 5.41) is 11.0. The number of fused-ring (bicyclic) bond motifs is 1. The van der Waals surface area contributed by atoms with Gasteiger partial charge < -0.3 is 28.9 Å². The van der Waals surface area contributed by atoms with E-state index in [0.717, 1.165) is 11.1 Å². The molecule has 0 bridgehead atoms. The highest BCUT2D eigenvalue weighted by atomic mass is 35.5. The first kappa shape index (κ1) is 26.1. The molecule has 0 fully saturated rings. The fourth-order valence-corrected chi connectivity index (χ4v) is 4.48. The van der Waals surface area contributed by atoms with Gasteiger partial charge in [0.2, 0.25) is 0 Å². The lowest BCUT2D eigenvalue weighted by Gasteiger charge is -2.36. The van der Waals surface area contributed by atoms with Crippen LogP contribution in [0.25, 0.3) is 0 Å². The van der Waals surface area contributed by atoms with Crippen LogP contribution in [0.1, 0.15) is 28.3 Å². The number of rotatable bonds is 9. The topological polar surface area (TPSA) is 104 Å². The average Bonchev–Trinajstić information content (AvgIpc) is 2.90. The summed E-state index contributed by atoms with van der Waals surface area (Å²) in [5.74, 6) is 0.174. The number of carboxylic acid groups (broad SMARTS) is 1. The molecule has 0 aromatic heterocycles. The van der Waals surface area contributed by atoms with Crippen LogP contribution in [0.2, 0.25) is 5.02 Å². The number of hydrogen-bond acceptors (Lipinski definition) is 8. The third-order valence-electron chi connectivity index (χ3n) is 5.88. The molecular formula is C27H26ClNO8. The van der Waals surface area contributed by atoms with Gasteiger partial charge in [0.05, 0.1) is 20.3 Å². The fourth-order valence-electron chi connectivity index (χ4n) is 4.29. The number of halogens is 1. The Bertz CT molecular complexity index is 1280. The zero-order chi connectivity index (χ0) is 26.4. The number of hydrogen-bond donors (Lipinski definition) is 1. The predicted octanol–water partition coefficient (Wildman–Crippen LogP) is 5.04. The number of benzene rings is 3. The number of ether oxygens (including phenoxy) is 4. The molecule has 1 atom stereocenters. The van der Waals surface area contributed by atoms with Crippen LogP contribution in [-0.4, -0.2) is 49.7 Å². The summed E-state index contributed by atoms with van der Waals surface area (Å²) in [7, 11) is 3.03. The Labute approximate surface area is 219 Å². The maximum Gasteiger partial charge on any atom is 0.528 e. The van der Waals surface area contributed by atoms with Gasteiger partial charge in [0.25, 0.3) is 0 Å². The second-order valence-corrected chi connectivity index (χ2v) is 8.58. The van der Waals surface area contributed by atoms with E-state index >= 15 is 0 Å². The van der Waals surface area contributed by atoms with Gasteiger partial charge in [-0.1, -0.05) is 48.0 Å². The molecule has 3 aromatic carbocycles. The maximum atomic E-state index is 12.8. The maximum absolute atomic E-state index is 12.8. The molecule has 4 rings (SSSR count). The van der Waals surface area contributed by atoms with Crippen LogP contribution in [0.15, 0.2) is 60.7 Å². The first-order valence-corrected chi connectivity index (χ1v) is 11.8. The Morgan fingerprint density at radius 3 is 2.57 bits per heavy atom. The number of carboxylic acids is 1. The molecule has 1 aliphatic heterocycles. The monoisotopic (exact) mass is 527 g/mol. The van der Waals surface area contributed by atoms with Crippen molar-refractivity contribution in [2.45, 2.75) is 19.1 Å². The van der Waals surface area contributed by atoms with Crippen LogP contribution in [-0.2, 0) is 27.4 Å². The summed E-state index contributed by atoms with van der Waals surface area (Å²) in [5.41, 5.74) is 3.10. The molecule has 1 heterocycles. The smallest absolute Gasteiger partial charge is 0.493 e. The van der Waals surface area contributed by atoms with Crippen molar-refractivity contribution in [1.29, 1.82) is 0 Å². The van der Waals surface area contributed by atoms with Crippen molar-refractivity contribution in [3.63, 3.8) is 0 Å². The van der Waals surface area contributed by atoms with E-state index in [1.165, 1.54) is 19.3 Å². The highest BCUT2D eigenvalue weighted by Crippen LogP contribution is 2.41. The number of methoxy groups -OCH3 is 2.